The number of halogens is 1. The molecule has 24 heavy (non-hydrogen) atoms. The summed E-state index contributed by atoms with van der Waals surface area (Å²) in [7, 11) is -4.31. The average Bonchev–Trinajstić information content (AvgIpc) is 2.54. The molecule has 0 aromatic heterocycles. The van der Waals surface area contributed by atoms with Crippen molar-refractivity contribution in [1.82, 2.24) is 0 Å². The zero-order valence-corrected chi connectivity index (χ0v) is 13.8. The summed E-state index contributed by atoms with van der Waals surface area (Å²) in [6, 6.07) is 15.4. The van der Waals surface area contributed by atoms with Crippen molar-refractivity contribution < 1.29 is 13.0 Å². The van der Waals surface area contributed by atoms with E-state index in [0.717, 1.165) is 11.3 Å². The summed E-state index contributed by atoms with van der Waals surface area (Å²) in [5, 5.41) is 4.87. The van der Waals surface area contributed by atoms with Crippen molar-refractivity contribution in [3.05, 3.63) is 65.2 Å². The normalized spacial score (nSPS) is 13.5. The molecular weight excluding hydrogens is 348 g/mol. The second-order valence-corrected chi connectivity index (χ2v) is 7.21. The smallest absolute Gasteiger partial charge is 0.295 e. The molecular formula is C17H11ClN2O3S. The standard InChI is InChI=1S/C17H11ClN2O3S/c18-11-4-1-3-10(9-11)17-19-13-6-2-5-12-15(24(21,22)23)8-7-14(20-17)16(12)13/h1-9H,(H,19,20)(H,21,22,23). The molecule has 1 heterocycles. The Labute approximate surface area is 143 Å². The molecule has 5 nitrogen and oxygen atoms in total. The fourth-order valence-corrected chi connectivity index (χ4v) is 3.71. The Morgan fingerprint density at radius 3 is 2.58 bits per heavy atom. The van der Waals surface area contributed by atoms with Gasteiger partial charge < -0.3 is 5.32 Å². The number of anilines is 1. The van der Waals surface area contributed by atoms with Crippen LogP contribution in [-0.4, -0.2) is 18.8 Å². The molecule has 0 radical (unpaired) electrons. The molecule has 0 fully saturated rings. The van der Waals surface area contributed by atoms with Crippen LogP contribution in [0.25, 0.3) is 10.8 Å². The van der Waals surface area contributed by atoms with E-state index in [1.54, 1.807) is 30.3 Å². The first-order chi connectivity index (χ1) is 11.4. The highest BCUT2D eigenvalue weighted by Gasteiger charge is 2.21. The number of rotatable bonds is 2. The molecule has 2 N–H and O–H groups in total. The van der Waals surface area contributed by atoms with Gasteiger partial charge in [0.15, 0.2) is 0 Å². The van der Waals surface area contributed by atoms with Gasteiger partial charge in [-0.05, 0) is 30.3 Å². The van der Waals surface area contributed by atoms with Crippen molar-refractivity contribution in [2.45, 2.75) is 4.90 Å². The minimum atomic E-state index is -4.31. The number of hydrogen-bond acceptors (Lipinski definition) is 4. The summed E-state index contributed by atoms with van der Waals surface area (Å²) in [6.07, 6.45) is 0. The van der Waals surface area contributed by atoms with Crippen LogP contribution in [0.15, 0.2) is 64.5 Å². The van der Waals surface area contributed by atoms with Crippen LogP contribution in [0.5, 0.6) is 0 Å². The molecule has 0 amide bonds. The third kappa shape index (κ3) is 2.45. The average molecular weight is 359 g/mol. The minimum Gasteiger partial charge on any atom is -0.339 e. The third-order valence-corrected chi connectivity index (χ3v) is 4.99. The van der Waals surface area contributed by atoms with Gasteiger partial charge in [-0.1, -0.05) is 35.9 Å². The summed E-state index contributed by atoms with van der Waals surface area (Å²) in [6.45, 7) is 0. The summed E-state index contributed by atoms with van der Waals surface area (Å²) < 4.78 is 32.6. The topological polar surface area (TPSA) is 78.8 Å². The molecule has 0 aliphatic carbocycles. The Morgan fingerprint density at radius 2 is 1.83 bits per heavy atom. The summed E-state index contributed by atoms with van der Waals surface area (Å²) in [5.41, 5.74) is 2.17. The van der Waals surface area contributed by atoms with E-state index in [-0.39, 0.29) is 4.90 Å². The summed E-state index contributed by atoms with van der Waals surface area (Å²) in [4.78, 5) is 4.44. The zero-order valence-electron chi connectivity index (χ0n) is 12.2. The lowest BCUT2D eigenvalue weighted by molar-refractivity contribution is 0.484. The Balaban J connectivity index is 1.98. The maximum Gasteiger partial charge on any atom is 0.295 e. The van der Waals surface area contributed by atoms with Crippen LogP contribution >= 0.6 is 11.6 Å². The fourth-order valence-electron chi connectivity index (χ4n) is 2.83. The molecule has 7 heteroatoms. The monoisotopic (exact) mass is 358 g/mol. The number of hydrogen-bond donors (Lipinski definition) is 2. The number of amidine groups is 1. The molecule has 0 saturated carbocycles. The zero-order chi connectivity index (χ0) is 16.9. The highest BCUT2D eigenvalue weighted by molar-refractivity contribution is 7.86. The van der Waals surface area contributed by atoms with Gasteiger partial charge in [0.25, 0.3) is 10.1 Å². The van der Waals surface area contributed by atoms with Crippen LogP contribution in [0, 0.1) is 0 Å². The van der Waals surface area contributed by atoms with E-state index >= 15 is 0 Å². The van der Waals surface area contributed by atoms with Crippen molar-refractivity contribution in [2.75, 3.05) is 5.32 Å². The molecule has 0 unspecified atom stereocenters. The molecule has 120 valence electrons. The number of nitrogens with one attached hydrogen (secondary N) is 1. The van der Waals surface area contributed by atoms with E-state index in [0.29, 0.717) is 27.3 Å². The maximum atomic E-state index is 11.6. The van der Waals surface area contributed by atoms with E-state index in [4.69, 9.17) is 11.6 Å². The second-order valence-electron chi connectivity index (χ2n) is 5.38. The molecule has 0 bridgehead atoms. The van der Waals surface area contributed by atoms with E-state index < -0.39 is 10.1 Å². The Hall–Kier alpha value is -2.41. The molecule has 0 atom stereocenters. The number of benzene rings is 3. The van der Waals surface area contributed by atoms with Crippen LogP contribution in [0.2, 0.25) is 5.02 Å². The molecule has 3 aromatic rings. The first-order valence-electron chi connectivity index (χ1n) is 7.08. The summed E-state index contributed by atoms with van der Waals surface area (Å²) in [5.74, 6) is 0.622. The number of aliphatic imine (C=N–C) groups is 1. The molecule has 3 aromatic carbocycles. The highest BCUT2D eigenvalue weighted by Crippen LogP contribution is 2.39. The van der Waals surface area contributed by atoms with Crippen molar-refractivity contribution in [3.63, 3.8) is 0 Å². The van der Waals surface area contributed by atoms with Gasteiger partial charge in [-0.25, -0.2) is 4.99 Å². The number of nitrogens with zero attached hydrogens (tertiary/aromatic N) is 1. The maximum absolute atomic E-state index is 11.6. The lowest BCUT2D eigenvalue weighted by Crippen LogP contribution is -2.16. The van der Waals surface area contributed by atoms with Gasteiger partial charge in [-0.15, -0.1) is 0 Å². The largest absolute Gasteiger partial charge is 0.339 e. The van der Waals surface area contributed by atoms with Gasteiger partial charge in [0.05, 0.1) is 5.69 Å². The first kappa shape index (κ1) is 15.1. The molecule has 1 aliphatic rings. The van der Waals surface area contributed by atoms with Gasteiger partial charge in [0.2, 0.25) is 0 Å². The molecule has 0 saturated heterocycles. The summed E-state index contributed by atoms with van der Waals surface area (Å²) >= 11 is 6.04. The van der Waals surface area contributed by atoms with Gasteiger partial charge in [0.1, 0.15) is 10.7 Å². The van der Waals surface area contributed by atoms with Gasteiger partial charge >= 0.3 is 0 Å². The van der Waals surface area contributed by atoms with Crippen LogP contribution in [0.4, 0.5) is 11.4 Å². The van der Waals surface area contributed by atoms with Crippen LogP contribution in [0.1, 0.15) is 5.56 Å². The lowest BCUT2D eigenvalue weighted by Gasteiger charge is -2.20. The first-order valence-corrected chi connectivity index (χ1v) is 8.90. The SMILES string of the molecule is O=S(=O)(O)c1ccc2c3c(cccc13)NC(c1cccc(Cl)c1)=N2. The predicted octanol–water partition coefficient (Wildman–Crippen LogP) is 4.24. The Bertz CT molecular complexity index is 1120. The quantitative estimate of drug-likeness (QED) is 0.671. The third-order valence-electron chi connectivity index (χ3n) is 3.84. The van der Waals surface area contributed by atoms with Crippen molar-refractivity contribution in [3.8, 4) is 0 Å². The Kier molecular flexibility index (Phi) is 3.35. The fraction of sp³-hybridized carbons (Fsp3) is 0. The van der Waals surface area contributed by atoms with Gasteiger partial charge in [-0.3, -0.25) is 4.55 Å². The van der Waals surface area contributed by atoms with E-state index in [1.165, 1.54) is 6.07 Å². The molecule has 0 spiro atoms. The highest BCUT2D eigenvalue weighted by atomic mass is 35.5. The van der Waals surface area contributed by atoms with Gasteiger partial charge in [0, 0.05) is 27.0 Å². The lowest BCUT2D eigenvalue weighted by atomic mass is 10.0. The van der Waals surface area contributed by atoms with E-state index in [9.17, 15) is 13.0 Å². The minimum absolute atomic E-state index is 0.133. The molecule has 1 aliphatic heterocycles. The van der Waals surface area contributed by atoms with Crippen LogP contribution in [0.3, 0.4) is 0 Å². The second kappa shape index (κ2) is 5.31. The van der Waals surface area contributed by atoms with Crippen molar-refractivity contribution >= 4 is 49.7 Å². The van der Waals surface area contributed by atoms with E-state index in [1.807, 2.05) is 18.2 Å². The van der Waals surface area contributed by atoms with Crippen LogP contribution in [-0.2, 0) is 10.1 Å². The van der Waals surface area contributed by atoms with E-state index in [2.05, 4.69) is 10.3 Å². The Morgan fingerprint density at radius 1 is 1.04 bits per heavy atom. The van der Waals surface area contributed by atoms with Crippen LogP contribution < -0.4 is 5.32 Å². The predicted molar refractivity (Wildman–Crippen MR) is 95.0 cm³/mol. The van der Waals surface area contributed by atoms with Crippen molar-refractivity contribution in [2.24, 2.45) is 4.99 Å². The molecule has 4 rings (SSSR count). The van der Waals surface area contributed by atoms with Crippen molar-refractivity contribution in [1.29, 1.82) is 0 Å². The van der Waals surface area contributed by atoms with Gasteiger partial charge in [-0.2, -0.15) is 8.42 Å².